The van der Waals surface area contributed by atoms with E-state index in [0.29, 0.717) is 0 Å². The number of nitrogens with two attached hydrogens (primary N) is 1. The van der Waals surface area contributed by atoms with E-state index >= 15 is 0 Å². The van der Waals surface area contributed by atoms with Gasteiger partial charge in [0.25, 0.3) is 0 Å². The predicted octanol–water partition coefficient (Wildman–Crippen LogP) is 3.49. The smallest absolute Gasteiger partial charge is 0.292 e. The van der Waals surface area contributed by atoms with Gasteiger partial charge < -0.3 is 0 Å². The third-order valence-corrected chi connectivity index (χ3v) is 3.49. The molecule has 0 saturated carbocycles. The van der Waals surface area contributed by atoms with E-state index in [1.165, 1.54) is 0 Å². The molecular formula is C14H16NO3P. The molecule has 0 atom stereocenters. The van der Waals surface area contributed by atoms with Crippen LogP contribution in [0.5, 0.6) is 0 Å². The van der Waals surface area contributed by atoms with Crippen LogP contribution in [0.4, 0.5) is 0 Å². The number of rotatable bonds is 6. The molecule has 19 heavy (non-hydrogen) atoms. The normalized spacial score (nSPS) is 11.4. The first-order valence-corrected chi connectivity index (χ1v) is 7.52. The maximum Gasteiger partial charge on any atom is 0.403 e. The van der Waals surface area contributed by atoms with Crippen LogP contribution in [0.3, 0.4) is 0 Å². The summed E-state index contributed by atoms with van der Waals surface area (Å²) in [4.78, 5) is 0. The lowest BCUT2D eigenvalue weighted by Gasteiger charge is -2.13. The fourth-order valence-electron chi connectivity index (χ4n) is 1.51. The molecule has 0 fully saturated rings. The first-order valence-electron chi connectivity index (χ1n) is 5.91. The topological polar surface area (TPSA) is 61.6 Å². The molecule has 0 bridgehead atoms. The standard InChI is InChI=1S/C14H16NO3P/c15-19(16,17-11-13-7-3-1-4-8-13)18-12-14-9-5-2-6-10-14/h1-10H,11-12H2,(H2,15,16). The first kappa shape index (κ1) is 14.0. The number of hydrogen-bond acceptors (Lipinski definition) is 3. The maximum atomic E-state index is 11.9. The summed E-state index contributed by atoms with van der Waals surface area (Å²) in [6.45, 7) is 0.340. The SMILES string of the molecule is NP(=O)(OCc1ccccc1)OCc1ccccc1. The van der Waals surface area contributed by atoms with E-state index in [-0.39, 0.29) is 13.2 Å². The number of hydrogen-bond donors (Lipinski definition) is 1. The Balaban J connectivity index is 1.84. The lowest BCUT2D eigenvalue weighted by molar-refractivity contribution is 0.191. The molecule has 2 rings (SSSR count). The van der Waals surface area contributed by atoms with E-state index in [4.69, 9.17) is 14.6 Å². The van der Waals surface area contributed by atoms with Gasteiger partial charge in [-0.25, -0.2) is 10.1 Å². The van der Waals surface area contributed by atoms with Crippen molar-refractivity contribution in [3.63, 3.8) is 0 Å². The fourth-order valence-corrected chi connectivity index (χ4v) is 2.25. The zero-order valence-corrected chi connectivity index (χ0v) is 11.3. The minimum atomic E-state index is -3.52. The van der Waals surface area contributed by atoms with E-state index in [1.54, 1.807) is 0 Å². The third-order valence-electron chi connectivity index (χ3n) is 2.51. The van der Waals surface area contributed by atoms with Gasteiger partial charge in [-0.2, -0.15) is 0 Å². The molecule has 0 amide bonds. The van der Waals surface area contributed by atoms with Gasteiger partial charge in [0, 0.05) is 0 Å². The van der Waals surface area contributed by atoms with Crippen LogP contribution in [0.2, 0.25) is 0 Å². The van der Waals surface area contributed by atoms with E-state index in [1.807, 2.05) is 60.7 Å². The van der Waals surface area contributed by atoms with Crippen LogP contribution < -0.4 is 5.50 Å². The highest BCUT2D eigenvalue weighted by atomic mass is 31.2. The van der Waals surface area contributed by atoms with Crippen LogP contribution in [-0.4, -0.2) is 0 Å². The maximum absolute atomic E-state index is 11.9. The summed E-state index contributed by atoms with van der Waals surface area (Å²) in [5.41, 5.74) is 7.32. The van der Waals surface area contributed by atoms with Crippen LogP contribution in [0.15, 0.2) is 60.7 Å². The minimum Gasteiger partial charge on any atom is -0.292 e. The molecule has 5 heteroatoms. The molecule has 0 aliphatic rings. The molecule has 0 unspecified atom stereocenters. The van der Waals surface area contributed by atoms with E-state index in [9.17, 15) is 4.57 Å². The molecule has 0 aliphatic carbocycles. The van der Waals surface area contributed by atoms with Gasteiger partial charge in [0.05, 0.1) is 13.2 Å². The predicted molar refractivity (Wildman–Crippen MR) is 74.3 cm³/mol. The zero-order chi connectivity index (χ0) is 13.6. The van der Waals surface area contributed by atoms with Crippen molar-refractivity contribution in [3.05, 3.63) is 71.8 Å². The molecule has 0 radical (unpaired) electrons. The van der Waals surface area contributed by atoms with Crippen molar-refractivity contribution < 1.29 is 13.6 Å². The molecule has 0 spiro atoms. The Labute approximate surface area is 112 Å². The van der Waals surface area contributed by atoms with Crippen LogP contribution in [0.25, 0.3) is 0 Å². The summed E-state index contributed by atoms with van der Waals surface area (Å²) in [6.07, 6.45) is 0. The van der Waals surface area contributed by atoms with Gasteiger partial charge in [-0.3, -0.25) is 9.05 Å². The van der Waals surface area contributed by atoms with Gasteiger partial charge in [0.15, 0.2) is 0 Å². The molecule has 0 heterocycles. The van der Waals surface area contributed by atoms with Gasteiger partial charge in [-0.1, -0.05) is 60.7 Å². The zero-order valence-electron chi connectivity index (χ0n) is 10.4. The van der Waals surface area contributed by atoms with Crippen molar-refractivity contribution in [1.82, 2.24) is 0 Å². The summed E-state index contributed by atoms with van der Waals surface area (Å²) in [6, 6.07) is 18.8. The average molecular weight is 277 g/mol. The highest BCUT2D eigenvalue weighted by Gasteiger charge is 2.18. The monoisotopic (exact) mass is 277 g/mol. The highest BCUT2D eigenvalue weighted by molar-refractivity contribution is 7.51. The average Bonchev–Trinajstić information content (AvgIpc) is 2.46. The second-order valence-corrected chi connectivity index (χ2v) is 5.65. The van der Waals surface area contributed by atoms with Gasteiger partial charge in [0.2, 0.25) is 0 Å². The minimum absolute atomic E-state index is 0.170. The lowest BCUT2D eigenvalue weighted by atomic mass is 10.2. The van der Waals surface area contributed by atoms with Crippen molar-refractivity contribution in [2.75, 3.05) is 0 Å². The van der Waals surface area contributed by atoms with E-state index in [0.717, 1.165) is 11.1 Å². The molecule has 0 aliphatic heterocycles. The van der Waals surface area contributed by atoms with Crippen LogP contribution in [0, 0.1) is 0 Å². The molecule has 2 N–H and O–H groups in total. The summed E-state index contributed by atoms with van der Waals surface area (Å²) < 4.78 is 22.2. The summed E-state index contributed by atoms with van der Waals surface area (Å²) >= 11 is 0. The molecule has 0 saturated heterocycles. The highest BCUT2D eigenvalue weighted by Crippen LogP contribution is 2.40. The molecule has 2 aromatic rings. The number of benzene rings is 2. The molecule has 0 aromatic heterocycles. The van der Waals surface area contributed by atoms with Gasteiger partial charge in [-0.15, -0.1) is 0 Å². The Hall–Kier alpha value is -1.45. The van der Waals surface area contributed by atoms with Crippen LogP contribution >= 0.6 is 7.75 Å². The largest absolute Gasteiger partial charge is 0.403 e. The van der Waals surface area contributed by atoms with Crippen molar-refractivity contribution >= 4 is 7.75 Å². The Morgan fingerprint density at radius 3 is 1.53 bits per heavy atom. The van der Waals surface area contributed by atoms with E-state index < -0.39 is 7.75 Å². The Morgan fingerprint density at radius 2 is 1.16 bits per heavy atom. The second-order valence-electron chi connectivity index (χ2n) is 4.06. The fraction of sp³-hybridized carbons (Fsp3) is 0.143. The molecule has 100 valence electrons. The van der Waals surface area contributed by atoms with Crippen LogP contribution in [-0.2, 0) is 26.8 Å². The van der Waals surface area contributed by atoms with Gasteiger partial charge in [-0.05, 0) is 11.1 Å². The second kappa shape index (κ2) is 6.64. The van der Waals surface area contributed by atoms with Crippen molar-refractivity contribution in [2.45, 2.75) is 13.2 Å². The van der Waals surface area contributed by atoms with Gasteiger partial charge in [0.1, 0.15) is 0 Å². The summed E-state index contributed by atoms with van der Waals surface area (Å²) in [5.74, 6) is 0. The first-order chi connectivity index (χ1) is 9.16. The Bertz CT molecular complexity index is 498. The van der Waals surface area contributed by atoms with Gasteiger partial charge >= 0.3 is 7.75 Å². The quantitative estimate of drug-likeness (QED) is 0.821. The Kier molecular flexibility index (Phi) is 4.88. The van der Waals surface area contributed by atoms with Crippen molar-refractivity contribution in [1.29, 1.82) is 0 Å². The van der Waals surface area contributed by atoms with Crippen molar-refractivity contribution in [2.24, 2.45) is 5.50 Å². The molecule has 4 nitrogen and oxygen atoms in total. The van der Waals surface area contributed by atoms with Crippen molar-refractivity contribution in [3.8, 4) is 0 Å². The Morgan fingerprint density at radius 1 is 0.789 bits per heavy atom. The lowest BCUT2D eigenvalue weighted by Crippen LogP contribution is -2.04. The molecular weight excluding hydrogens is 261 g/mol. The molecule has 2 aromatic carbocycles. The summed E-state index contributed by atoms with van der Waals surface area (Å²) in [5, 5.41) is 0. The third kappa shape index (κ3) is 4.97. The van der Waals surface area contributed by atoms with Crippen LogP contribution in [0.1, 0.15) is 11.1 Å². The van der Waals surface area contributed by atoms with E-state index in [2.05, 4.69) is 0 Å². The summed E-state index contributed by atoms with van der Waals surface area (Å²) in [7, 11) is -3.52.